The summed E-state index contributed by atoms with van der Waals surface area (Å²) < 4.78 is 11.2. The number of amides is 1. The van der Waals surface area contributed by atoms with Gasteiger partial charge in [-0.25, -0.2) is 0 Å². The van der Waals surface area contributed by atoms with E-state index in [0.29, 0.717) is 23.6 Å². The van der Waals surface area contributed by atoms with Crippen molar-refractivity contribution in [2.45, 2.75) is 19.4 Å². The highest BCUT2D eigenvalue weighted by Gasteiger charge is 2.26. The van der Waals surface area contributed by atoms with E-state index in [1.165, 1.54) is 0 Å². The molecule has 0 fully saturated rings. The number of carbonyl (C=O) groups excluding carboxylic acids is 1. The Kier molecular flexibility index (Phi) is 3.98. The zero-order chi connectivity index (χ0) is 17.2. The zero-order valence-corrected chi connectivity index (χ0v) is 13.9. The number of para-hydroxylation sites is 1. The van der Waals surface area contributed by atoms with Crippen LogP contribution in [-0.4, -0.2) is 23.7 Å². The number of aryl methyl sites for hydroxylation is 1. The summed E-state index contributed by atoms with van der Waals surface area (Å²) in [5.41, 5.74) is 2.99. The van der Waals surface area contributed by atoms with E-state index in [2.05, 4.69) is 10.5 Å². The standard InChI is InChI=1S/C20H18N2O3/c1-13-18(19(25-22-13)14-7-3-2-4-8-14)20(23)21-16-11-15-9-5-6-10-17(15)24-12-16/h2-10,16H,11-12H2,1H3,(H,21,23)/t16-/m0/s1. The summed E-state index contributed by atoms with van der Waals surface area (Å²) in [5.74, 6) is 1.19. The molecular formula is C20H18N2O3. The van der Waals surface area contributed by atoms with Crippen molar-refractivity contribution in [2.24, 2.45) is 0 Å². The predicted octanol–water partition coefficient (Wildman–Crippen LogP) is 3.38. The van der Waals surface area contributed by atoms with E-state index in [1.54, 1.807) is 6.92 Å². The van der Waals surface area contributed by atoms with E-state index in [4.69, 9.17) is 9.26 Å². The molecule has 1 aliphatic rings. The van der Waals surface area contributed by atoms with Crippen LogP contribution in [-0.2, 0) is 6.42 Å². The molecule has 3 aromatic rings. The number of ether oxygens (including phenoxy) is 1. The van der Waals surface area contributed by atoms with E-state index in [0.717, 1.165) is 23.3 Å². The van der Waals surface area contributed by atoms with Crippen molar-refractivity contribution in [3.8, 4) is 17.1 Å². The Bertz CT molecular complexity index is 902. The normalized spacial score (nSPS) is 16.0. The first-order chi connectivity index (χ1) is 12.2. The first kappa shape index (κ1) is 15.4. The molecule has 0 unspecified atom stereocenters. The molecule has 1 aliphatic heterocycles. The van der Waals surface area contributed by atoms with Gasteiger partial charge in [-0.15, -0.1) is 0 Å². The van der Waals surface area contributed by atoms with Crippen LogP contribution in [0.2, 0.25) is 0 Å². The van der Waals surface area contributed by atoms with Gasteiger partial charge in [0.25, 0.3) is 5.91 Å². The van der Waals surface area contributed by atoms with E-state index in [9.17, 15) is 4.79 Å². The van der Waals surface area contributed by atoms with Crippen molar-refractivity contribution in [2.75, 3.05) is 6.61 Å². The van der Waals surface area contributed by atoms with Gasteiger partial charge >= 0.3 is 0 Å². The average Bonchev–Trinajstić information content (AvgIpc) is 3.04. The molecule has 0 bridgehead atoms. The third-order valence-electron chi connectivity index (χ3n) is 4.34. The smallest absolute Gasteiger partial charge is 0.257 e. The van der Waals surface area contributed by atoms with Gasteiger partial charge in [0.1, 0.15) is 17.9 Å². The lowest BCUT2D eigenvalue weighted by Crippen LogP contribution is -2.42. The Hall–Kier alpha value is -3.08. The lowest BCUT2D eigenvalue weighted by molar-refractivity contribution is 0.0915. The van der Waals surface area contributed by atoms with Gasteiger partial charge in [0.2, 0.25) is 0 Å². The van der Waals surface area contributed by atoms with Crippen molar-refractivity contribution in [3.05, 3.63) is 71.4 Å². The summed E-state index contributed by atoms with van der Waals surface area (Å²) >= 11 is 0. The number of nitrogens with zero attached hydrogens (tertiary/aromatic N) is 1. The maximum absolute atomic E-state index is 12.8. The van der Waals surface area contributed by atoms with Crippen LogP contribution in [0.4, 0.5) is 0 Å². The molecule has 0 aliphatic carbocycles. The molecule has 2 aromatic carbocycles. The van der Waals surface area contributed by atoms with Gasteiger partial charge in [0.05, 0.1) is 11.7 Å². The molecule has 1 atom stereocenters. The maximum atomic E-state index is 12.8. The van der Waals surface area contributed by atoms with Crippen LogP contribution in [0.5, 0.6) is 5.75 Å². The monoisotopic (exact) mass is 334 g/mol. The molecule has 2 heterocycles. The fraction of sp³-hybridized carbons (Fsp3) is 0.200. The highest BCUT2D eigenvalue weighted by molar-refractivity contribution is 6.00. The third-order valence-corrected chi connectivity index (χ3v) is 4.34. The number of rotatable bonds is 3. The fourth-order valence-corrected chi connectivity index (χ4v) is 3.10. The summed E-state index contributed by atoms with van der Waals surface area (Å²) in [6, 6.07) is 17.3. The number of benzene rings is 2. The van der Waals surface area contributed by atoms with E-state index in [-0.39, 0.29) is 11.9 Å². The average molecular weight is 334 g/mol. The first-order valence-electron chi connectivity index (χ1n) is 8.25. The fourth-order valence-electron chi connectivity index (χ4n) is 3.10. The Morgan fingerprint density at radius 2 is 1.88 bits per heavy atom. The Morgan fingerprint density at radius 1 is 1.12 bits per heavy atom. The van der Waals surface area contributed by atoms with Gasteiger partial charge in [-0.2, -0.15) is 0 Å². The molecule has 5 heteroatoms. The molecule has 1 aromatic heterocycles. The Balaban J connectivity index is 1.56. The summed E-state index contributed by atoms with van der Waals surface area (Å²) in [4.78, 5) is 12.8. The van der Waals surface area contributed by atoms with Gasteiger partial charge in [0.15, 0.2) is 5.76 Å². The van der Waals surface area contributed by atoms with Crippen LogP contribution in [0, 0.1) is 6.92 Å². The topological polar surface area (TPSA) is 64.4 Å². The number of carbonyl (C=O) groups is 1. The van der Waals surface area contributed by atoms with Gasteiger partial charge < -0.3 is 14.6 Å². The van der Waals surface area contributed by atoms with Crippen LogP contribution in [0.3, 0.4) is 0 Å². The van der Waals surface area contributed by atoms with Crippen molar-refractivity contribution in [3.63, 3.8) is 0 Å². The van der Waals surface area contributed by atoms with Gasteiger partial charge in [-0.3, -0.25) is 4.79 Å². The third kappa shape index (κ3) is 3.01. The molecule has 0 spiro atoms. The van der Waals surface area contributed by atoms with Crippen LogP contribution < -0.4 is 10.1 Å². The molecule has 5 nitrogen and oxygen atoms in total. The molecule has 0 saturated carbocycles. The lowest BCUT2D eigenvalue weighted by Gasteiger charge is -2.26. The largest absolute Gasteiger partial charge is 0.491 e. The highest BCUT2D eigenvalue weighted by atomic mass is 16.5. The molecule has 0 saturated heterocycles. The molecule has 1 N–H and O–H groups in total. The molecule has 126 valence electrons. The first-order valence-corrected chi connectivity index (χ1v) is 8.25. The van der Waals surface area contributed by atoms with Crippen LogP contribution in [0.1, 0.15) is 21.6 Å². The van der Waals surface area contributed by atoms with Crippen LogP contribution in [0.15, 0.2) is 59.1 Å². The number of hydrogen-bond acceptors (Lipinski definition) is 4. The molecule has 25 heavy (non-hydrogen) atoms. The minimum atomic E-state index is -0.189. The highest BCUT2D eigenvalue weighted by Crippen LogP contribution is 2.27. The predicted molar refractivity (Wildman–Crippen MR) is 93.6 cm³/mol. The number of aromatic nitrogens is 1. The summed E-state index contributed by atoms with van der Waals surface area (Å²) in [6.45, 7) is 2.23. The SMILES string of the molecule is Cc1noc(-c2ccccc2)c1C(=O)N[C@@H]1COc2ccccc2C1. The number of fused-ring (bicyclic) bond motifs is 1. The number of hydrogen-bond donors (Lipinski definition) is 1. The lowest BCUT2D eigenvalue weighted by atomic mass is 10.0. The van der Waals surface area contributed by atoms with E-state index in [1.807, 2.05) is 54.6 Å². The van der Waals surface area contributed by atoms with Crippen molar-refractivity contribution < 1.29 is 14.1 Å². The molecule has 4 rings (SSSR count). The number of nitrogens with one attached hydrogen (secondary N) is 1. The molecular weight excluding hydrogens is 316 g/mol. The van der Waals surface area contributed by atoms with E-state index < -0.39 is 0 Å². The molecule has 0 radical (unpaired) electrons. The second-order valence-electron chi connectivity index (χ2n) is 6.13. The molecule has 1 amide bonds. The van der Waals surface area contributed by atoms with Crippen LogP contribution in [0.25, 0.3) is 11.3 Å². The minimum Gasteiger partial charge on any atom is -0.491 e. The Labute approximate surface area is 145 Å². The van der Waals surface area contributed by atoms with Crippen LogP contribution >= 0.6 is 0 Å². The van der Waals surface area contributed by atoms with Crippen molar-refractivity contribution in [1.29, 1.82) is 0 Å². The van der Waals surface area contributed by atoms with Crippen molar-refractivity contribution in [1.82, 2.24) is 10.5 Å². The summed E-state index contributed by atoms with van der Waals surface area (Å²) in [5, 5.41) is 7.03. The second-order valence-corrected chi connectivity index (χ2v) is 6.13. The zero-order valence-electron chi connectivity index (χ0n) is 13.9. The van der Waals surface area contributed by atoms with Gasteiger partial charge in [-0.1, -0.05) is 53.7 Å². The second kappa shape index (κ2) is 6.43. The minimum absolute atomic E-state index is 0.0830. The Morgan fingerprint density at radius 3 is 2.72 bits per heavy atom. The van der Waals surface area contributed by atoms with Gasteiger partial charge in [0, 0.05) is 5.56 Å². The summed E-state index contributed by atoms with van der Waals surface area (Å²) in [6.07, 6.45) is 0.743. The van der Waals surface area contributed by atoms with Crippen molar-refractivity contribution >= 4 is 5.91 Å². The maximum Gasteiger partial charge on any atom is 0.257 e. The van der Waals surface area contributed by atoms with Gasteiger partial charge in [-0.05, 0) is 25.0 Å². The quantitative estimate of drug-likeness (QED) is 0.797. The summed E-state index contributed by atoms with van der Waals surface area (Å²) in [7, 11) is 0. The van der Waals surface area contributed by atoms with E-state index >= 15 is 0 Å².